The second-order valence-corrected chi connectivity index (χ2v) is 6.94. The highest BCUT2D eigenvalue weighted by Gasteiger charge is 2.58. The van der Waals surface area contributed by atoms with Gasteiger partial charge in [0.2, 0.25) is 11.8 Å². The van der Waals surface area contributed by atoms with E-state index in [-0.39, 0.29) is 11.8 Å². The second kappa shape index (κ2) is 6.36. The number of hydrogen-bond acceptors (Lipinski definition) is 2. The molecular formula is C21H22N2O2. The van der Waals surface area contributed by atoms with Gasteiger partial charge in [-0.25, -0.2) is 0 Å². The monoisotopic (exact) mass is 334 g/mol. The van der Waals surface area contributed by atoms with E-state index < -0.39 is 5.41 Å². The number of hydrogen-bond donors (Lipinski definition) is 1. The molecule has 0 bridgehead atoms. The molecule has 1 heterocycles. The molecule has 25 heavy (non-hydrogen) atoms. The molecule has 0 aromatic heterocycles. The van der Waals surface area contributed by atoms with E-state index in [0.717, 1.165) is 24.1 Å². The van der Waals surface area contributed by atoms with Gasteiger partial charge in [0.05, 0.1) is 0 Å². The molecule has 0 atom stereocenters. The first kappa shape index (κ1) is 15.9. The highest BCUT2D eigenvalue weighted by molar-refractivity contribution is 6.14. The van der Waals surface area contributed by atoms with E-state index in [1.54, 1.807) is 0 Å². The predicted octanol–water partition coefficient (Wildman–Crippen LogP) is 3.06. The smallest absolute Gasteiger partial charge is 0.242 e. The van der Waals surface area contributed by atoms with Crippen LogP contribution in [0.4, 0.5) is 5.69 Å². The summed E-state index contributed by atoms with van der Waals surface area (Å²) in [7, 11) is 0. The summed E-state index contributed by atoms with van der Waals surface area (Å²) in [4.78, 5) is 27.7. The van der Waals surface area contributed by atoms with Crippen LogP contribution in [0.2, 0.25) is 0 Å². The molecule has 128 valence electrons. The molecule has 1 aliphatic carbocycles. The van der Waals surface area contributed by atoms with Crippen molar-refractivity contribution in [3.8, 4) is 0 Å². The van der Waals surface area contributed by atoms with Gasteiger partial charge in [0.25, 0.3) is 0 Å². The van der Waals surface area contributed by atoms with Crippen LogP contribution in [-0.2, 0) is 22.6 Å². The quantitative estimate of drug-likeness (QED) is 0.874. The number of aryl methyl sites for hydroxylation is 1. The van der Waals surface area contributed by atoms with Gasteiger partial charge >= 0.3 is 0 Å². The van der Waals surface area contributed by atoms with Gasteiger partial charge in [-0.2, -0.15) is 0 Å². The molecule has 4 nitrogen and oxygen atoms in total. The Kier molecular flexibility index (Phi) is 4.04. The first-order valence-corrected chi connectivity index (χ1v) is 8.93. The van der Waals surface area contributed by atoms with Crippen LogP contribution >= 0.6 is 0 Å². The van der Waals surface area contributed by atoms with Gasteiger partial charge in [-0.3, -0.25) is 9.59 Å². The number of carbonyl (C=O) groups excluding carboxylic acids is 2. The first-order valence-electron chi connectivity index (χ1n) is 8.93. The van der Waals surface area contributed by atoms with E-state index in [9.17, 15) is 9.59 Å². The minimum absolute atomic E-state index is 0.0368. The molecule has 0 radical (unpaired) electrons. The molecule has 2 aromatic rings. The summed E-state index contributed by atoms with van der Waals surface area (Å²) in [5.41, 5.74) is 2.35. The summed E-state index contributed by atoms with van der Waals surface area (Å²) in [6.07, 6.45) is 3.23. The molecule has 0 unspecified atom stereocenters. The van der Waals surface area contributed by atoms with Crippen LogP contribution in [0.15, 0.2) is 54.6 Å². The van der Waals surface area contributed by atoms with Crippen LogP contribution in [0, 0.1) is 5.41 Å². The molecule has 2 aromatic carbocycles. The van der Waals surface area contributed by atoms with E-state index >= 15 is 0 Å². The molecule has 2 aliphatic rings. The largest absolute Gasteiger partial charge is 0.351 e. The molecule has 1 fully saturated rings. The maximum atomic E-state index is 13.2. The Morgan fingerprint density at radius 3 is 2.48 bits per heavy atom. The number of nitrogens with zero attached hydrogens (tertiary/aromatic N) is 1. The molecule has 4 rings (SSSR count). The summed E-state index contributed by atoms with van der Waals surface area (Å²) in [5.74, 6) is -0.172. The Labute approximate surface area is 147 Å². The Hall–Kier alpha value is -2.62. The van der Waals surface area contributed by atoms with Crippen molar-refractivity contribution in [2.45, 2.75) is 32.2 Å². The summed E-state index contributed by atoms with van der Waals surface area (Å²) in [5, 5.41) is 2.96. The zero-order valence-electron chi connectivity index (χ0n) is 14.2. The van der Waals surface area contributed by atoms with Crippen molar-refractivity contribution < 1.29 is 9.59 Å². The normalized spacial score (nSPS) is 17.5. The maximum Gasteiger partial charge on any atom is 0.242 e. The van der Waals surface area contributed by atoms with E-state index in [0.29, 0.717) is 25.9 Å². The summed E-state index contributed by atoms with van der Waals surface area (Å²) in [6, 6.07) is 17.8. The third-order valence-electron chi connectivity index (χ3n) is 5.25. The number of amides is 2. The first-order chi connectivity index (χ1) is 12.2. The van der Waals surface area contributed by atoms with Crippen molar-refractivity contribution in [3.63, 3.8) is 0 Å². The minimum atomic E-state index is -0.862. The van der Waals surface area contributed by atoms with Crippen LogP contribution in [0.3, 0.4) is 0 Å². The van der Waals surface area contributed by atoms with Gasteiger partial charge in [-0.05, 0) is 42.9 Å². The van der Waals surface area contributed by atoms with Crippen molar-refractivity contribution in [1.82, 2.24) is 5.32 Å². The van der Waals surface area contributed by atoms with E-state index in [1.807, 2.05) is 53.4 Å². The average Bonchev–Trinajstić information content (AvgIpc) is 3.48. The topological polar surface area (TPSA) is 49.4 Å². The molecule has 1 aliphatic heterocycles. The number of carbonyl (C=O) groups is 2. The number of rotatable bonds is 4. The lowest BCUT2D eigenvalue weighted by Gasteiger charge is -2.32. The molecule has 4 heteroatoms. The van der Waals surface area contributed by atoms with E-state index in [4.69, 9.17) is 0 Å². The van der Waals surface area contributed by atoms with Gasteiger partial charge < -0.3 is 10.2 Å². The van der Waals surface area contributed by atoms with Crippen LogP contribution in [-0.4, -0.2) is 18.4 Å². The van der Waals surface area contributed by atoms with Crippen molar-refractivity contribution >= 4 is 17.5 Å². The lowest BCUT2D eigenvalue weighted by molar-refractivity contribution is -0.135. The number of benzene rings is 2. The number of anilines is 1. The molecule has 2 amide bonds. The SMILES string of the molecule is O=C(NCc1ccccc1)C1(C(=O)N2CCCc3ccccc32)CC1. The number of nitrogens with one attached hydrogen (secondary N) is 1. The van der Waals surface area contributed by atoms with Gasteiger partial charge in [0.15, 0.2) is 0 Å². The Morgan fingerprint density at radius 1 is 1.00 bits per heavy atom. The molecule has 1 saturated carbocycles. The Morgan fingerprint density at radius 2 is 1.72 bits per heavy atom. The summed E-state index contributed by atoms with van der Waals surface area (Å²) >= 11 is 0. The van der Waals surface area contributed by atoms with Gasteiger partial charge in [0, 0.05) is 18.8 Å². The van der Waals surface area contributed by atoms with E-state index in [1.165, 1.54) is 5.56 Å². The van der Waals surface area contributed by atoms with Crippen LogP contribution in [0.5, 0.6) is 0 Å². The predicted molar refractivity (Wildman–Crippen MR) is 97.1 cm³/mol. The van der Waals surface area contributed by atoms with Gasteiger partial charge in [0.1, 0.15) is 5.41 Å². The highest BCUT2D eigenvalue weighted by atomic mass is 16.2. The van der Waals surface area contributed by atoms with Crippen LogP contribution < -0.4 is 10.2 Å². The van der Waals surface area contributed by atoms with Crippen molar-refractivity contribution in [2.24, 2.45) is 5.41 Å². The molecular weight excluding hydrogens is 312 g/mol. The summed E-state index contributed by atoms with van der Waals surface area (Å²) in [6.45, 7) is 1.16. The van der Waals surface area contributed by atoms with Crippen LogP contribution in [0.1, 0.15) is 30.4 Å². The lowest BCUT2D eigenvalue weighted by Crippen LogP contribution is -2.47. The standard InChI is InChI=1S/C21H22N2O2/c24-19(22-15-16-7-2-1-3-8-16)21(12-13-21)20(25)23-14-6-10-17-9-4-5-11-18(17)23/h1-5,7-9,11H,6,10,12-15H2,(H,22,24). The molecule has 0 saturated heterocycles. The minimum Gasteiger partial charge on any atom is -0.351 e. The lowest BCUT2D eigenvalue weighted by atomic mass is 9.97. The van der Waals surface area contributed by atoms with Gasteiger partial charge in [-0.1, -0.05) is 48.5 Å². The Balaban J connectivity index is 1.49. The average molecular weight is 334 g/mol. The zero-order valence-corrected chi connectivity index (χ0v) is 14.2. The fourth-order valence-corrected chi connectivity index (χ4v) is 3.61. The van der Waals surface area contributed by atoms with Crippen molar-refractivity contribution in [3.05, 3.63) is 65.7 Å². The second-order valence-electron chi connectivity index (χ2n) is 6.94. The van der Waals surface area contributed by atoms with Gasteiger partial charge in [-0.15, -0.1) is 0 Å². The maximum absolute atomic E-state index is 13.2. The third kappa shape index (κ3) is 2.93. The fourth-order valence-electron chi connectivity index (χ4n) is 3.61. The van der Waals surface area contributed by atoms with Crippen molar-refractivity contribution in [2.75, 3.05) is 11.4 Å². The third-order valence-corrected chi connectivity index (χ3v) is 5.25. The Bertz CT molecular complexity index is 797. The fraction of sp³-hybridized carbons (Fsp3) is 0.333. The van der Waals surface area contributed by atoms with E-state index in [2.05, 4.69) is 11.4 Å². The number of para-hydroxylation sites is 1. The number of fused-ring (bicyclic) bond motifs is 1. The van der Waals surface area contributed by atoms with Crippen LogP contribution in [0.25, 0.3) is 0 Å². The van der Waals surface area contributed by atoms with Crippen molar-refractivity contribution in [1.29, 1.82) is 0 Å². The molecule has 0 spiro atoms. The molecule has 1 N–H and O–H groups in total. The zero-order chi connectivity index (χ0) is 17.3. The highest BCUT2D eigenvalue weighted by Crippen LogP contribution is 2.49. The summed E-state index contributed by atoms with van der Waals surface area (Å²) < 4.78 is 0.